The van der Waals surface area contributed by atoms with Crippen LogP contribution in [0, 0.1) is 17.8 Å². The van der Waals surface area contributed by atoms with E-state index in [0.29, 0.717) is 12.0 Å². The van der Waals surface area contributed by atoms with E-state index in [1.54, 1.807) is 47.6 Å². The molecule has 5 aliphatic rings. The zero-order valence-corrected chi connectivity index (χ0v) is 49.1. The highest BCUT2D eigenvalue weighted by Gasteiger charge is 2.59. The van der Waals surface area contributed by atoms with E-state index in [9.17, 15) is 45.6 Å². The summed E-state index contributed by atoms with van der Waals surface area (Å²) in [6.07, 6.45) is -8.51. The topological polar surface area (TPSA) is 290 Å². The molecule has 8 N–H and O–H groups in total. The summed E-state index contributed by atoms with van der Waals surface area (Å²) >= 11 is 0. The van der Waals surface area contributed by atoms with Gasteiger partial charge in [0.1, 0.15) is 30.5 Å². The summed E-state index contributed by atoms with van der Waals surface area (Å²) in [6.45, 7) is 19.1. The lowest BCUT2D eigenvalue weighted by Crippen LogP contribution is -2.66. The van der Waals surface area contributed by atoms with E-state index < -0.39 is 152 Å². The molecule has 79 heavy (non-hydrogen) atoms. The predicted molar refractivity (Wildman–Crippen MR) is 288 cm³/mol. The lowest BCUT2D eigenvalue weighted by Gasteiger charge is -2.52. The number of hydrogen-bond donors (Lipinski definition) is 8. The third-order valence-corrected chi connectivity index (χ3v) is 16.3. The molecule has 25 unspecified atom stereocenters. The van der Waals surface area contributed by atoms with Crippen LogP contribution in [0.2, 0.25) is 0 Å². The highest BCUT2D eigenvalue weighted by Crippen LogP contribution is 2.44. The molecule has 0 radical (unpaired) electrons. The molecule has 454 valence electrons. The molecule has 0 aromatic rings. The van der Waals surface area contributed by atoms with Crippen molar-refractivity contribution in [1.29, 1.82) is 0 Å². The first kappa shape index (κ1) is 67.2. The van der Waals surface area contributed by atoms with Crippen molar-refractivity contribution in [2.75, 3.05) is 35.0 Å². The number of aliphatic hydroxyl groups is 8. The second-order valence-electron chi connectivity index (χ2n) is 23.0. The van der Waals surface area contributed by atoms with Crippen molar-refractivity contribution in [2.24, 2.45) is 17.8 Å². The number of ether oxygens (including phenoxy) is 12. The van der Waals surface area contributed by atoms with E-state index in [1.807, 2.05) is 51.2 Å². The fourth-order valence-corrected chi connectivity index (χ4v) is 11.6. The second kappa shape index (κ2) is 29.8. The molecule has 0 saturated carbocycles. The third kappa shape index (κ3) is 17.3. The zero-order chi connectivity index (χ0) is 58.8. The van der Waals surface area contributed by atoms with Crippen LogP contribution in [0.25, 0.3) is 0 Å². The molecular weight excluding hydrogens is 1030 g/mol. The predicted octanol–water partition coefficient (Wildman–Crippen LogP) is 3.59. The van der Waals surface area contributed by atoms with Crippen LogP contribution in [0.15, 0.2) is 58.7 Å². The number of aliphatic hydroxyl groups excluding tert-OH is 6. The van der Waals surface area contributed by atoms with Crippen molar-refractivity contribution >= 4 is 5.97 Å². The van der Waals surface area contributed by atoms with Gasteiger partial charge in [-0.05, 0) is 74.3 Å². The van der Waals surface area contributed by atoms with Gasteiger partial charge >= 0.3 is 5.97 Å². The molecule has 0 aliphatic carbocycles. The van der Waals surface area contributed by atoms with E-state index >= 15 is 0 Å². The first-order chi connectivity index (χ1) is 37.1. The Balaban J connectivity index is 1.41. The molecule has 0 aromatic carbocycles. The van der Waals surface area contributed by atoms with Gasteiger partial charge in [-0.25, -0.2) is 4.79 Å². The summed E-state index contributed by atoms with van der Waals surface area (Å²) < 4.78 is 72.2. The Morgan fingerprint density at radius 2 is 1.39 bits per heavy atom. The summed E-state index contributed by atoms with van der Waals surface area (Å²) in [7, 11) is 5.79. The lowest BCUT2D eigenvalue weighted by molar-refractivity contribution is -0.366. The van der Waals surface area contributed by atoms with Gasteiger partial charge in [0.2, 0.25) is 5.79 Å². The Labute approximate surface area is 467 Å². The maximum absolute atomic E-state index is 14.3. The number of cyclic esters (lactones) is 1. The molecule has 5 heterocycles. The minimum absolute atomic E-state index is 0.000680. The zero-order valence-electron chi connectivity index (χ0n) is 49.1. The van der Waals surface area contributed by atoms with Gasteiger partial charge in [-0.3, -0.25) is 0 Å². The monoisotopic (exact) mass is 1130 g/mol. The fourth-order valence-electron chi connectivity index (χ4n) is 11.6. The van der Waals surface area contributed by atoms with Gasteiger partial charge in [-0.2, -0.15) is 0 Å². The smallest absolute Gasteiger partial charge is 0.334 e. The average Bonchev–Trinajstić information content (AvgIpc) is 3.41. The van der Waals surface area contributed by atoms with Crippen LogP contribution in [-0.4, -0.2) is 216 Å². The first-order valence-corrected chi connectivity index (χ1v) is 27.9. The molecule has 5 rings (SSSR count). The summed E-state index contributed by atoms with van der Waals surface area (Å²) in [5, 5.41) is 92.8. The van der Waals surface area contributed by atoms with E-state index in [0.717, 1.165) is 11.1 Å². The number of esters is 1. The lowest BCUT2D eigenvalue weighted by atomic mass is 9.76. The highest BCUT2D eigenvalue weighted by molar-refractivity contribution is 5.88. The molecule has 0 amide bonds. The number of carbonyl (C=O) groups excluding carboxylic acids is 1. The van der Waals surface area contributed by atoms with Crippen LogP contribution in [0.5, 0.6) is 0 Å². The van der Waals surface area contributed by atoms with Crippen LogP contribution in [-0.2, 0) is 61.6 Å². The third-order valence-electron chi connectivity index (χ3n) is 16.3. The number of allylic oxidation sites excluding steroid dienone is 7. The molecule has 21 nitrogen and oxygen atoms in total. The van der Waals surface area contributed by atoms with Crippen molar-refractivity contribution in [1.82, 2.24) is 0 Å². The van der Waals surface area contributed by atoms with Crippen molar-refractivity contribution < 1.29 is 102 Å². The largest absolute Gasteiger partial charge is 0.450 e. The quantitative estimate of drug-likeness (QED) is 0.115. The average molecular weight is 1130 g/mol. The molecule has 0 bridgehead atoms. The van der Waals surface area contributed by atoms with Gasteiger partial charge in [-0.15, -0.1) is 0 Å². The molecule has 25 atom stereocenters. The summed E-state index contributed by atoms with van der Waals surface area (Å²) in [5.41, 5.74) is 0.889. The SMILES string of the molecule is COCC(CC1OC(O)(C2OC(=O)/C(C)=C/C(C)=C/C(C)=C\C(C)C(OC3OC(C)C(OC)C(O)C3O)/C=C/C(C)=C/CCC(O)C(OC)CC2O)C(C)C(O)C1C)OC1CC(C)(O)C(OC2CC(OC)C(O)C(C)O2)C(C)O1. The van der Waals surface area contributed by atoms with Gasteiger partial charge < -0.3 is 97.7 Å². The highest BCUT2D eigenvalue weighted by atomic mass is 16.7. The maximum Gasteiger partial charge on any atom is 0.334 e. The molecule has 21 heteroatoms. The van der Waals surface area contributed by atoms with Gasteiger partial charge in [0.25, 0.3) is 0 Å². The molecular formula is C58H96O21. The Morgan fingerprint density at radius 3 is 2.03 bits per heavy atom. The van der Waals surface area contributed by atoms with E-state index in [1.165, 1.54) is 42.3 Å². The second-order valence-corrected chi connectivity index (χ2v) is 23.0. The summed E-state index contributed by atoms with van der Waals surface area (Å²) in [6, 6.07) is 0. The Morgan fingerprint density at radius 1 is 0.722 bits per heavy atom. The van der Waals surface area contributed by atoms with E-state index in [-0.39, 0.29) is 50.2 Å². The molecule has 5 aliphatic heterocycles. The minimum Gasteiger partial charge on any atom is -0.450 e. The maximum atomic E-state index is 14.3. The van der Waals surface area contributed by atoms with Crippen LogP contribution in [0.1, 0.15) is 115 Å². The number of rotatable bonds is 14. The van der Waals surface area contributed by atoms with Gasteiger partial charge in [0, 0.05) is 77.4 Å². The van der Waals surface area contributed by atoms with Crippen molar-refractivity contribution in [2.45, 2.75) is 249 Å². The molecule has 4 saturated heterocycles. The normalized spacial score (nSPS) is 47.4. The van der Waals surface area contributed by atoms with Gasteiger partial charge in [0.05, 0.1) is 79.4 Å². The van der Waals surface area contributed by atoms with Crippen LogP contribution in [0.3, 0.4) is 0 Å². The van der Waals surface area contributed by atoms with Crippen molar-refractivity contribution in [3.63, 3.8) is 0 Å². The first-order valence-electron chi connectivity index (χ1n) is 27.9. The van der Waals surface area contributed by atoms with E-state index in [2.05, 4.69) is 0 Å². The van der Waals surface area contributed by atoms with E-state index in [4.69, 9.17) is 56.8 Å². The van der Waals surface area contributed by atoms with Crippen LogP contribution in [0.4, 0.5) is 0 Å². The Hall–Kier alpha value is -2.59. The number of methoxy groups -OCH3 is 4. The van der Waals surface area contributed by atoms with Crippen LogP contribution >= 0.6 is 0 Å². The Kier molecular flexibility index (Phi) is 25.3. The van der Waals surface area contributed by atoms with Gasteiger partial charge in [0.15, 0.2) is 25.0 Å². The van der Waals surface area contributed by atoms with Gasteiger partial charge in [-0.1, -0.05) is 67.9 Å². The van der Waals surface area contributed by atoms with Crippen LogP contribution < -0.4 is 0 Å². The number of hydrogen-bond acceptors (Lipinski definition) is 21. The summed E-state index contributed by atoms with van der Waals surface area (Å²) in [5.74, 6) is -5.55. The van der Waals surface area contributed by atoms with Crippen molar-refractivity contribution in [3.8, 4) is 0 Å². The Bertz CT molecular complexity index is 2080. The molecule has 0 spiro atoms. The summed E-state index contributed by atoms with van der Waals surface area (Å²) in [4.78, 5) is 14.3. The number of carbonyl (C=O) groups is 1. The molecule has 0 aromatic heterocycles. The van der Waals surface area contributed by atoms with Crippen molar-refractivity contribution in [3.05, 3.63) is 58.7 Å². The standard InChI is InChI=1S/C58H96O21/c1-29-17-16-18-40(59)44(69-13)25-41(60)54(78-55(65)33(5)23-31(3)21-30(2)22-32(4)42(20-19-29)76-56-51(64)50(63)52(71-15)37(9)74-56)58(67)35(7)48(61)34(6)43(79-58)24-39(28-68-12)75-47-27-57(11,66)53(38(10)73-47)77-46-26-45(70-14)49(62)36(8)72-46/h17,19-23,32,34-54,56,59-64,66-67H,16,18,24-28H2,1-15H3/b20-19+,29-17+,30-22-,31-21+,33-23+. The minimum atomic E-state index is -2.53. The fraction of sp³-hybridized carbons (Fsp3) is 0.810. The molecule has 4 fully saturated rings.